The van der Waals surface area contributed by atoms with Crippen molar-refractivity contribution >= 4 is 22.6 Å². The van der Waals surface area contributed by atoms with Crippen LogP contribution in [-0.4, -0.2) is 60.5 Å². The van der Waals surface area contributed by atoms with E-state index >= 15 is 0 Å². The number of carbonyl (C=O) groups excluding carboxylic acids is 1. The van der Waals surface area contributed by atoms with Gasteiger partial charge >= 0.3 is 0 Å². The molecule has 28 heavy (non-hydrogen) atoms. The number of carbonyl (C=O) groups is 1. The highest BCUT2D eigenvalue weighted by molar-refractivity contribution is 5.83. The molecule has 0 bridgehead atoms. The van der Waals surface area contributed by atoms with E-state index in [1.807, 2.05) is 11.0 Å². The maximum absolute atomic E-state index is 12.7. The number of nitrogens with one attached hydrogen (secondary N) is 1. The molecule has 1 aromatic heterocycles. The Labute approximate surface area is 165 Å². The number of piperazine rings is 1. The molecule has 6 nitrogen and oxygen atoms in total. The molecule has 1 atom stereocenters. The topological polar surface area (TPSA) is 53.8 Å². The summed E-state index contributed by atoms with van der Waals surface area (Å²) in [7, 11) is 2.08. The van der Waals surface area contributed by atoms with Crippen LogP contribution >= 0.6 is 0 Å². The third kappa shape index (κ3) is 4.28. The average molecular weight is 376 g/mol. The van der Waals surface area contributed by atoms with E-state index in [0.717, 1.165) is 38.7 Å². The molecule has 1 aliphatic rings. The van der Waals surface area contributed by atoms with Gasteiger partial charge in [-0.1, -0.05) is 36.4 Å². The number of benzene rings is 2. The van der Waals surface area contributed by atoms with Gasteiger partial charge in [0.2, 0.25) is 5.95 Å². The summed E-state index contributed by atoms with van der Waals surface area (Å²) in [6.07, 6.45) is 3.51. The first-order chi connectivity index (χ1) is 13.7. The molecule has 1 fully saturated rings. The first kappa shape index (κ1) is 18.4. The fraction of sp³-hybridized carbons (Fsp3) is 0.318. The molecule has 0 saturated carbocycles. The second-order valence-corrected chi connectivity index (χ2v) is 7.41. The van der Waals surface area contributed by atoms with Gasteiger partial charge in [0.15, 0.2) is 6.54 Å². The molecule has 1 amide bonds. The van der Waals surface area contributed by atoms with Crippen molar-refractivity contribution < 1.29 is 9.69 Å². The molecule has 3 aromatic rings. The molecule has 2 aromatic carbocycles. The van der Waals surface area contributed by atoms with Crippen LogP contribution in [0.15, 0.2) is 60.9 Å². The Kier molecular flexibility index (Phi) is 5.48. The lowest BCUT2D eigenvalue weighted by molar-refractivity contribution is -0.885. The third-order valence-corrected chi connectivity index (χ3v) is 5.24. The Morgan fingerprint density at radius 1 is 0.964 bits per heavy atom. The van der Waals surface area contributed by atoms with Crippen molar-refractivity contribution in [1.29, 1.82) is 0 Å². The number of quaternary nitrogens is 1. The standard InChI is InChI=1S/C22H25N5O/c1-25(16-18-7-8-19-5-2-3-6-20(19)15-18)17-21(28)26-11-13-27(14-12-26)22-23-9-4-10-24-22/h2-10,15H,11-14,16-17H2,1H3/p+1. The quantitative estimate of drug-likeness (QED) is 0.722. The van der Waals surface area contributed by atoms with Crippen LogP contribution in [-0.2, 0) is 11.3 Å². The summed E-state index contributed by atoms with van der Waals surface area (Å²) in [5.74, 6) is 0.959. The summed E-state index contributed by atoms with van der Waals surface area (Å²) in [5.41, 5.74) is 1.26. The fourth-order valence-corrected chi connectivity index (χ4v) is 3.74. The van der Waals surface area contributed by atoms with Crippen molar-refractivity contribution in [3.05, 3.63) is 66.5 Å². The van der Waals surface area contributed by atoms with E-state index in [2.05, 4.69) is 64.4 Å². The number of rotatable bonds is 5. The predicted molar refractivity (Wildman–Crippen MR) is 110 cm³/mol. The summed E-state index contributed by atoms with van der Waals surface area (Å²) in [4.78, 5) is 26.6. The van der Waals surface area contributed by atoms with Crippen LogP contribution < -0.4 is 9.80 Å². The summed E-state index contributed by atoms with van der Waals surface area (Å²) >= 11 is 0. The van der Waals surface area contributed by atoms with Crippen molar-refractivity contribution in [2.45, 2.75) is 6.54 Å². The maximum Gasteiger partial charge on any atom is 0.277 e. The first-order valence-corrected chi connectivity index (χ1v) is 9.78. The molecule has 2 heterocycles. The molecule has 6 heteroatoms. The molecule has 1 N–H and O–H groups in total. The molecule has 144 valence electrons. The lowest BCUT2D eigenvalue weighted by Crippen LogP contribution is -3.09. The lowest BCUT2D eigenvalue weighted by Gasteiger charge is -2.34. The van der Waals surface area contributed by atoms with E-state index in [4.69, 9.17) is 0 Å². The molecule has 4 rings (SSSR count). The molecule has 1 aliphatic heterocycles. The smallest absolute Gasteiger partial charge is 0.277 e. The zero-order valence-electron chi connectivity index (χ0n) is 16.2. The van der Waals surface area contributed by atoms with Gasteiger partial charge in [0.05, 0.1) is 7.05 Å². The van der Waals surface area contributed by atoms with Gasteiger partial charge in [0.1, 0.15) is 6.54 Å². The van der Waals surface area contributed by atoms with E-state index in [0.29, 0.717) is 6.54 Å². The molecule has 0 aliphatic carbocycles. The lowest BCUT2D eigenvalue weighted by atomic mass is 10.1. The van der Waals surface area contributed by atoms with Gasteiger partial charge in [-0.25, -0.2) is 9.97 Å². The van der Waals surface area contributed by atoms with Gasteiger partial charge < -0.3 is 14.7 Å². The fourth-order valence-electron chi connectivity index (χ4n) is 3.74. The highest BCUT2D eigenvalue weighted by Gasteiger charge is 2.24. The number of hydrogen-bond acceptors (Lipinski definition) is 4. The summed E-state index contributed by atoms with van der Waals surface area (Å²) in [5, 5.41) is 2.50. The summed E-state index contributed by atoms with van der Waals surface area (Å²) < 4.78 is 0. The molecule has 1 saturated heterocycles. The van der Waals surface area contributed by atoms with E-state index in [9.17, 15) is 4.79 Å². The minimum Gasteiger partial charge on any atom is -0.337 e. The van der Waals surface area contributed by atoms with Crippen molar-refractivity contribution in [3.63, 3.8) is 0 Å². The van der Waals surface area contributed by atoms with E-state index in [-0.39, 0.29) is 5.91 Å². The number of fused-ring (bicyclic) bond motifs is 1. The van der Waals surface area contributed by atoms with E-state index < -0.39 is 0 Å². The zero-order chi connectivity index (χ0) is 19.3. The molecule has 1 unspecified atom stereocenters. The molecular weight excluding hydrogens is 350 g/mol. The van der Waals surface area contributed by atoms with Gasteiger partial charge in [-0.2, -0.15) is 0 Å². The minimum atomic E-state index is 0.215. The average Bonchev–Trinajstić information content (AvgIpc) is 2.74. The van der Waals surface area contributed by atoms with Gasteiger partial charge in [-0.3, -0.25) is 4.79 Å². The molecule has 0 radical (unpaired) electrons. The van der Waals surface area contributed by atoms with Crippen LogP contribution in [0.4, 0.5) is 5.95 Å². The second kappa shape index (κ2) is 8.35. The third-order valence-electron chi connectivity index (χ3n) is 5.24. The Morgan fingerprint density at radius 2 is 1.68 bits per heavy atom. The highest BCUT2D eigenvalue weighted by Crippen LogP contribution is 2.15. The number of likely N-dealkylation sites (N-methyl/N-ethyl adjacent to an activating group) is 1. The highest BCUT2D eigenvalue weighted by atomic mass is 16.2. The Bertz CT molecular complexity index is 938. The van der Waals surface area contributed by atoms with Crippen LogP contribution in [0.5, 0.6) is 0 Å². The predicted octanol–water partition coefficient (Wildman–Crippen LogP) is 0.993. The summed E-state index contributed by atoms with van der Waals surface area (Å²) in [6.45, 7) is 4.35. The van der Waals surface area contributed by atoms with Crippen LogP contribution in [0.25, 0.3) is 10.8 Å². The molecule has 0 spiro atoms. The van der Waals surface area contributed by atoms with Crippen LogP contribution in [0.1, 0.15) is 5.56 Å². The van der Waals surface area contributed by atoms with Crippen molar-refractivity contribution in [2.24, 2.45) is 0 Å². The van der Waals surface area contributed by atoms with Crippen LogP contribution in [0, 0.1) is 0 Å². The van der Waals surface area contributed by atoms with E-state index in [1.54, 1.807) is 12.4 Å². The summed E-state index contributed by atoms with van der Waals surface area (Å²) in [6, 6.07) is 16.7. The number of nitrogens with zero attached hydrogens (tertiary/aromatic N) is 4. The van der Waals surface area contributed by atoms with Gasteiger partial charge in [0, 0.05) is 44.1 Å². The zero-order valence-corrected chi connectivity index (χ0v) is 16.2. The van der Waals surface area contributed by atoms with Gasteiger partial charge in [0.25, 0.3) is 5.91 Å². The number of anilines is 1. The monoisotopic (exact) mass is 376 g/mol. The maximum atomic E-state index is 12.7. The Balaban J connectivity index is 1.29. The second-order valence-electron chi connectivity index (χ2n) is 7.41. The normalized spacial score (nSPS) is 15.6. The minimum absolute atomic E-state index is 0.215. The van der Waals surface area contributed by atoms with Crippen molar-refractivity contribution in [3.8, 4) is 0 Å². The number of hydrogen-bond donors (Lipinski definition) is 1. The van der Waals surface area contributed by atoms with Crippen molar-refractivity contribution in [2.75, 3.05) is 44.7 Å². The SMILES string of the molecule is C[NH+](CC(=O)N1CCN(c2ncccn2)CC1)Cc1ccc2ccccc2c1. The van der Waals surface area contributed by atoms with Crippen LogP contribution in [0.3, 0.4) is 0 Å². The van der Waals surface area contributed by atoms with E-state index in [1.165, 1.54) is 21.2 Å². The largest absolute Gasteiger partial charge is 0.337 e. The Morgan fingerprint density at radius 3 is 2.43 bits per heavy atom. The van der Waals surface area contributed by atoms with Crippen molar-refractivity contribution in [1.82, 2.24) is 14.9 Å². The Hall–Kier alpha value is -2.99. The van der Waals surface area contributed by atoms with Gasteiger partial charge in [-0.15, -0.1) is 0 Å². The first-order valence-electron chi connectivity index (χ1n) is 9.78. The number of amides is 1. The van der Waals surface area contributed by atoms with Gasteiger partial charge in [-0.05, 0) is 22.9 Å². The van der Waals surface area contributed by atoms with Crippen LogP contribution in [0.2, 0.25) is 0 Å². The number of aromatic nitrogens is 2. The molecular formula is C22H26N5O+.